The van der Waals surface area contributed by atoms with Gasteiger partial charge in [-0.05, 0) is 30.2 Å². The quantitative estimate of drug-likeness (QED) is 0.745. The number of thioether (sulfide) groups is 1. The molecule has 1 nitrogen and oxygen atoms in total. The fourth-order valence-corrected chi connectivity index (χ4v) is 2.15. The minimum atomic E-state index is -0.198. The summed E-state index contributed by atoms with van der Waals surface area (Å²) in [4.78, 5) is 4.38. The van der Waals surface area contributed by atoms with E-state index in [-0.39, 0.29) is 5.82 Å². The lowest BCUT2D eigenvalue weighted by atomic mass is 10.2. The Labute approximate surface area is 93.1 Å². The standard InChI is InChI=1S/C12H12FNS/c13-11-5-2-10(3-6-11)4-7-12-14-8-1-9-15-12/h2-7H,1,8-9H2/b7-4+. The molecule has 0 spiro atoms. The Morgan fingerprint density at radius 2 is 2.00 bits per heavy atom. The van der Waals surface area contributed by atoms with Crippen LogP contribution in [0.5, 0.6) is 0 Å². The SMILES string of the molecule is Fc1ccc(/C=C/C2=NCCCS2)cc1. The number of nitrogens with zero attached hydrogens (tertiary/aromatic N) is 1. The van der Waals surface area contributed by atoms with Gasteiger partial charge < -0.3 is 0 Å². The number of hydrogen-bond donors (Lipinski definition) is 0. The van der Waals surface area contributed by atoms with Crippen LogP contribution >= 0.6 is 11.8 Å². The lowest BCUT2D eigenvalue weighted by Gasteiger charge is -2.06. The van der Waals surface area contributed by atoms with E-state index in [4.69, 9.17) is 0 Å². The predicted molar refractivity (Wildman–Crippen MR) is 64.8 cm³/mol. The van der Waals surface area contributed by atoms with E-state index in [0.29, 0.717) is 0 Å². The van der Waals surface area contributed by atoms with E-state index in [1.165, 1.54) is 18.6 Å². The molecule has 0 saturated carbocycles. The van der Waals surface area contributed by atoms with Gasteiger partial charge in [0.2, 0.25) is 0 Å². The Balaban J connectivity index is 2.04. The van der Waals surface area contributed by atoms with Gasteiger partial charge in [0.15, 0.2) is 0 Å². The van der Waals surface area contributed by atoms with Crippen LogP contribution in [0.3, 0.4) is 0 Å². The van der Waals surface area contributed by atoms with Crippen molar-refractivity contribution < 1.29 is 4.39 Å². The molecule has 0 N–H and O–H groups in total. The van der Waals surface area contributed by atoms with E-state index in [2.05, 4.69) is 4.99 Å². The first-order valence-electron chi connectivity index (χ1n) is 4.95. The zero-order chi connectivity index (χ0) is 10.5. The molecule has 0 saturated heterocycles. The second-order valence-corrected chi connectivity index (χ2v) is 4.42. The van der Waals surface area contributed by atoms with Gasteiger partial charge in [-0.3, -0.25) is 4.99 Å². The minimum absolute atomic E-state index is 0.198. The molecule has 3 heteroatoms. The summed E-state index contributed by atoms with van der Waals surface area (Å²) < 4.78 is 12.6. The van der Waals surface area contributed by atoms with Crippen LogP contribution in [0.2, 0.25) is 0 Å². The third-order valence-corrected chi connectivity index (χ3v) is 3.16. The van der Waals surface area contributed by atoms with Crippen LogP contribution in [0.25, 0.3) is 6.08 Å². The van der Waals surface area contributed by atoms with Crippen LogP contribution in [0.1, 0.15) is 12.0 Å². The highest BCUT2D eigenvalue weighted by Crippen LogP contribution is 2.14. The van der Waals surface area contributed by atoms with Crippen molar-refractivity contribution in [1.29, 1.82) is 0 Å². The van der Waals surface area contributed by atoms with Gasteiger partial charge in [0, 0.05) is 12.3 Å². The van der Waals surface area contributed by atoms with Crippen molar-refractivity contribution in [2.24, 2.45) is 4.99 Å². The molecular formula is C12H12FNS. The Kier molecular flexibility index (Phi) is 3.56. The second kappa shape index (κ2) is 5.12. The highest BCUT2D eigenvalue weighted by atomic mass is 32.2. The van der Waals surface area contributed by atoms with E-state index >= 15 is 0 Å². The van der Waals surface area contributed by atoms with Gasteiger partial charge >= 0.3 is 0 Å². The lowest BCUT2D eigenvalue weighted by Crippen LogP contribution is -2.00. The minimum Gasteiger partial charge on any atom is -0.278 e. The summed E-state index contributed by atoms with van der Waals surface area (Å²) in [7, 11) is 0. The first-order chi connectivity index (χ1) is 7.34. The summed E-state index contributed by atoms with van der Waals surface area (Å²) >= 11 is 1.77. The lowest BCUT2D eigenvalue weighted by molar-refractivity contribution is 0.628. The van der Waals surface area contributed by atoms with E-state index < -0.39 is 0 Å². The Morgan fingerprint density at radius 3 is 2.67 bits per heavy atom. The summed E-state index contributed by atoms with van der Waals surface area (Å²) in [6.07, 6.45) is 5.13. The van der Waals surface area contributed by atoms with Crippen LogP contribution in [-0.4, -0.2) is 17.3 Å². The normalized spacial score (nSPS) is 16.7. The highest BCUT2D eigenvalue weighted by Gasteiger charge is 2.01. The first kappa shape index (κ1) is 10.4. The molecule has 1 aliphatic heterocycles. The Hall–Kier alpha value is -1.09. The smallest absolute Gasteiger partial charge is 0.123 e. The molecule has 78 valence electrons. The molecule has 0 aromatic heterocycles. The number of aliphatic imine (C=N–C) groups is 1. The molecule has 0 atom stereocenters. The summed E-state index contributed by atoms with van der Waals surface area (Å²) in [5.74, 6) is 0.948. The first-order valence-corrected chi connectivity index (χ1v) is 5.94. The van der Waals surface area contributed by atoms with Gasteiger partial charge in [-0.15, -0.1) is 11.8 Å². The maximum absolute atomic E-state index is 12.6. The van der Waals surface area contributed by atoms with E-state index in [0.717, 1.165) is 22.9 Å². The summed E-state index contributed by atoms with van der Waals surface area (Å²) in [6.45, 7) is 0.927. The zero-order valence-corrected chi connectivity index (χ0v) is 9.14. The average Bonchev–Trinajstić information content (AvgIpc) is 2.30. The van der Waals surface area contributed by atoms with Gasteiger partial charge in [0.1, 0.15) is 5.82 Å². The van der Waals surface area contributed by atoms with E-state index in [9.17, 15) is 4.39 Å². The molecule has 0 fully saturated rings. The molecule has 1 aliphatic rings. The third kappa shape index (κ3) is 3.20. The predicted octanol–water partition coefficient (Wildman–Crippen LogP) is 3.37. The monoisotopic (exact) mass is 221 g/mol. The molecule has 1 aromatic rings. The van der Waals surface area contributed by atoms with Gasteiger partial charge in [-0.1, -0.05) is 18.2 Å². The summed E-state index contributed by atoms with van der Waals surface area (Å²) in [5, 5.41) is 1.07. The van der Waals surface area contributed by atoms with E-state index in [1.807, 2.05) is 12.2 Å². The summed E-state index contributed by atoms with van der Waals surface area (Å²) in [6, 6.07) is 6.46. The third-order valence-electron chi connectivity index (χ3n) is 2.11. The number of halogens is 1. The molecule has 0 bridgehead atoms. The molecule has 0 unspecified atom stereocenters. The topological polar surface area (TPSA) is 12.4 Å². The molecule has 0 radical (unpaired) electrons. The second-order valence-electron chi connectivity index (χ2n) is 3.31. The molecular weight excluding hydrogens is 209 g/mol. The number of hydrogen-bond acceptors (Lipinski definition) is 2. The number of benzene rings is 1. The Bertz CT molecular complexity index is 381. The van der Waals surface area contributed by atoms with Crippen LogP contribution in [-0.2, 0) is 0 Å². The Morgan fingerprint density at radius 1 is 1.20 bits per heavy atom. The molecule has 1 heterocycles. The molecule has 1 aromatic carbocycles. The van der Waals surface area contributed by atoms with Crippen LogP contribution in [0.15, 0.2) is 35.3 Å². The largest absolute Gasteiger partial charge is 0.278 e. The van der Waals surface area contributed by atoms with Crippen molar-refractivity contribution in [3.05, 3.63) is 41.7 Å². The maximum atomic E-state index is 12.6. The van der Waals surface area contributed by atoms with E-state index in [1.54, 1.807) is 23.9 Å². The van der Waals surface area contributed by atoms with Gasteiger partial charge in [-0.25, -0.2) is 4.39 Å². The van der Waals surface area contributed by atoms with Crippen molar-refractivity contribution in [1.82, 2.24) is 0 Å². The molecule has 0 amide bonds. The van der Waals surface area contributed by atoms with Crippen molar-refractivity contribution >= 4 is 22.9 Å². The summed E-state index contributed by atoms with van der Waals surface area (Å²) in [5.41, 5.74) is 1.00. The van der Waals surface area contributed by atoms with Gasteiger partial charge in [0.05, 0.1) is 5.04 Å². The number of rotatable bonds is 2. The van der Waals surface area contributed by atoms with Crippen molar-refractivity contribution in [2.45, 2.75) is 6.42 Å². The fourth-order valence-electron chi connectivity index (χ4n) is 1.32. The molecule has 0 aliphatic carbocycles. The van der Waals surface area contributed by atoms with Gasteiger partial charge in [-0.2, -0.15) is 0 Å². The van der Waals surface area contributed by atoms with Crippen LogP contribution in [0.4, 0.5) is 4.39 Å². The van der Waals surface area contributed by atoms with Gasteiger partial charge in [0.25, 0.3) is 0 Å². The van der Waals surface area contributed by atoms with Crippen LogP contribution in [0, 0.1) is 5.82 Å². The van der Waals surface area contributed by atoms with Crippen molar-refractivity contribution in [3.8, 4) is 0 Å². The highest BCUT2D eigenvalue weighted by molar-refractivity contribution is 8.14. The maximum Gasteiger partial charge on any atom is 0.123 e. The van der Waals surface area contributed by atoms with Crippen molar-refractivity contribution in [3.63, 3.8) is 0 Å². The average molecular weight is 221 g/mol. The molecule has 2 rings (SSSR count). The zero-order valence-electron chi connectivity index (χ0n) is 8.32. The molecule has 15 heavy (non-hydrogen) atoms. The fraction of sp³-hybridized carbons (Fsp3) is 0.250. The van der Waals surface area contributed by atoms with Crippen LogP contribution < -0.4 is 0 Å². The van der Waals surface area contributed by atoms with Crippen molar-refractivity contribution in [2.75, 3.05) is 12.3 Å².